The summed E-state index contributed by atoms with van der Waals surface area (Å²) in [5, 5.41) is 0. The fraction of sp³-hybridized carbons (Fsp3) is 1.00. The zero-order valence-electron chi connectivity index (χ0n) is 7.90. The smallest absolute Gasteiger partial charge is 0.0522 e. The van der Waals surface area contributed by atoms with E-state index in [-0.39, 0.29) is 0 Å². The lowest BCUT2D eigenvalue weighted by atomic mass is 10.6. The van der Waals surface area contributed by atoms with E-state index in [1.807, 2.05) is 0 Å². The quantitative estimate of drug-likeness (QED) is 0.575. The highest BCUT2D eigenvalue weighted by molar-refractivity contribution is 6.78. The number of rotatable bonds is 4. The van der Waals surface area contributed by atoms with Gasteiger partial charge in [0, 0.05) is 13.7 Å². The van der Waals surface area contributed by atoms with Crippen LogP contribution in [-0.4, -0.2) is 21.8 Å². The number of methoxy groups -OCH3 is 1. The van der Waals surface area contributed by atoms with Crippen molar-refractivity contribution in [2.75, 3.05) is 13.7 Å². The standard InChI is InChI=1S/C8H20OSi/c1-8(2)10(4,5)7-6-9-3/h8H,6-7H2,1-5H3. The number of hydrogen-bond acceptors (Lipinski definition) is 1. The van der Waals surface area contributed by atoms with Gasteiger partial charge in [0.2, 0.25) is 0 Å². The van der Waals surface area contributed by atoms with Crippen LogP contribution >= 0.6 is 0 Å². The molecule has 0 aromatic heterocycles. The summed E-state index contributed by atoms with van der Waals surface area (Å²) in [7, 11) is 0.856. The Morgan fingerprint density at radius 2 is 1.80 bits per heavy atom. The maximum Gasteiger partial charge on any atom is 0.0522 e. The summed E-state index contributed by atoms with van der Waals surface area (Å²) in [6, 6.07) is 1.29. The van der Waals surface area contributed by atoms with Crippen LogP contribution in [0.5, 0.6) is 0 Å². The molecule has 1 nitrogen and oxygen atoms in total. The van der Waals surface area contributed by atoms with Crippen molar-refractivity contribution < 1.29 is 4.74 Å². The van der Waals surface area contributed by atoms with Gasteiger partial charge < -0.3 is 4.74 Å². The second-order valence-electron chi connectivity index (χ2n) is 3.89. The third-order valence-corrected chi connectivity index (χ3v) is 7.13. The first-order chi connectivity index (χ1) is 4.50. The molecule has 0 aromatic rings. The SMILES string of the molecule is COCC[Si](C)(C)C(C)C. The van der Waals surface area contributed by atoms with Crippen LogP contribution in [0.1, 0.15) is 13.8 Å². The Hall–Kier alpha value is 0.177. The molecule has 0 aliphatic heterocycles. The van der Waals surface area contributed by atoms with Crippen molar-refractivity contribution >= 4 is 8.07 Å². The van der Waals surface area contributed by atoms with Crippen molar-refractivity contribution in [1.82, 2.24) is 0 Å². The summed E-state index contributed by atoms with van der Waals surface area (Å²) in [6.07, 6.45) is 0. The van der Waals surface area contributed by atoms with E-state index in [9.17, 15) is 0 Å². The predicted molar refractivity (Wildman–Crippen MR) is 49.3 cm³/mol. The zero-order chi connectivity index (χ0) is 8.20. The van der Waals surface area contributed by atoms with Gasteiger partial charge >= 0.3 is 0 Å². The average molecular weight is 160 g/mol. The highest BCUT2D eigenvalue weighted by Gasteiger charge is 2.23. The number of hydrogen-bond donors (Lipinski definition) is 0. The third kappa shape index (κ3) is 3.37. The largest absolute Gasteiger partial charge is 0.385 e. The molecule has 0 bridgehead atoms. The van der Waals surface area contributed by atoms with Crippen LogP contribution in [0.25, 0.3) is 0 Å². The first kappa shape index (κ1) is 10.2. The maximum atomic E-state index is 5.06. The molecule has 0 N–H and O–H groups in total. The van der Waals surface area contributed by atoms with Crippen molar-refractivity contribution in [3.8, 4) is 0 Å². The van der Waals surface area contributed by atoms with Crippen molar-refractivity contribution in [3.05, 3.63) is 0 Å². The average Bonchev–Trinajstić information content (AvgIpc) is 1.84. The Morgan fingerprint density at radius 1 is 1.30 bits per heavy atom. The topological polar surface area (TPSA) is 9.23 Å². The lowest BCUT2D eigenvalue weighted by Gasteiger charge is -2.26. The summed E-state index contributed by atoms with van der Waals surface area (Å²) in [5.41, 5.74) is 0.877. The maximum absolute atomic E-state index is 5.06. The summed E-state index contributed by atoms with van der Waals surface area (Å²) in [5.74, 6) is 0. The second kappa shape index (κ2) is 4.14. The fourth-order valence-electron chi connectivity index (χ4n) is 0.654. The molecular weight excluding hydrogens is 140 g/mol. The van der Waals surface area contributed by atoms with Crippen molar-refractivity contribution in [3.63, 3.8) is 0 Å². The van der Waals surface area contributed by atoms with Crippen LogP contribution in [0.4, 0.5) is 0 Å². The second-order valence-corrected chi connectivity index (χ2v) is 9.52. The van der Waals surface area contributed by atoms with E-state index < -0.39 is 8.07 Å². The van der Waals surface area contributed by atoms with Gasteiger partial charge in [0.15, 0.2) is 0 Å². The molecule has 0 rings (SSSR count). The Labute approximate surface area is 65.8 Å². The molecule has 0 aromatic carbocycles. The lowest BCUT2D eigenvalue weighted by molar-refractivity contribution is 0.214. The molecule has 0 saturated heterocycles. The molecule has 0 amide bonds. The molecular formula is C8H20OSi. The summed E-state index contributed by atoms with van der Waals surface area (Å²) >= 11 is 0. The van der Waals surface area contributed by atoms with Crippen LogP contribution in [0.2, 0.25) is 24.7 Å². The fourth-order valence-corrected chi connectivity index (χ4v) is 1.96. The molecule has 2 heteroatoms. The minimum atomic E-state index is -0.927. The van der Waals surface area contributed by atoms with Crippen molar-refractivity contribution in [1.29, 1.82) is 0 Å². The molecule has 0 aliphatic rings. The first-order valence-electron chi connectivity index (χ1n) is 3.99. The Kier molecular flexibility index (Phi) is 4.21. The van der Waals surface area contributed by atoms with E-state index in [0.717, 1.165) is 12.1 Å². The highest BCUT2D eigenvalue weighted by Crippen LogP contribution is 2.23. The van der Waals surface area contributed by atoms with Gasteiger partial charge in [-0.15, -0.1) is 0 Å². The van der Waals surface area contributed by atoms with Crippen molar-refractivity contribution in [2.24, 2.45) is 0 Å². The van der Waals surface area contributed by atoms with E-state index in [1.54, 1.807) is 7.11 Å². The molecule has 0 fully saturated rings. The lowest BCUT2D eigenvalue weighted by Crippen LogP contribution is -2.30. The Balaban J connectivity index is 3.63. The molecule has 0 atom stereocenters. The molecule has 0 spiro atoms. The molecule has 10 heavy (non-hydrogen) atoms. The van der Waals surface area contributed by atoms with Crippen molar-refractivity contribution in [2.45, 2.75) is 38.5 Å². The zero-order valence-corrected chi connectivity index (χ0v) is 8.90. The summed E-state index contributed by atoms with van der Waals surface area (Å²) in [4.78, 5) is 0. The molecule has 0 unspecified atom stereocenters. The predicted octanol–water partition coefficient (Wildman–Crippen LogP) is 2.75. The van der Waals surface area contributed by atoms with E-state index in [0.29, 0.717) is 0 Å². The van der Waals surface area contributed by atoms with Crippen LogP contribution in [0.3, 0.4) is 0 Å². The normalized spacial score (nSPS) is 12.6. The van der Waals surface area contributed by atoms with Gasteiger partial charge in [-0.3, -0.25) is 0 Å². The Morgan fingerprint density at radius 3 is 2.10 bits per heavy atom. The van der Waals surface area contributed by atoms with Crippen LogP contribution < -0.4 is 0 Å². The monoisotopic (exact) mass is 160 g/mol. The first-order valence-corrected chi connectivity index (χ1v) is 7.28. The van der Waals surface area contributed by atoms with E-state index in [1.165, 1.54) is 6.04 Å². The van der Waals surface area contributed by atoms with Crippen LogP contribution in [0.15, 0.2) is 0 Å². The minimum absolute atomic E-state index is 0.877. The molecule has 0 aliphatic carbocycles. The minimum Gasteiger partial charge on any atom is -0.385 e. The van der Waals surface area contributed by atoms with E-state index in [4.69, 9.17) is 4.74 Å². The van der Waals surface area contributed by atoms with Crippen LogP contribution in [0, 0.1) is 0 Å². The molecule has 0 radical (unpaired) electrons. The van der Waals surface area contributed by atoms with E-state index >= 15 is 0 Å². The van der Waals surface area contributed by atoms with Gasteiger partial charge in [-0.25, -0.2) is 0 Å². The summed E-state index contributed by atoms with van der Waals surface area (Å²) in [6.45, 7) is 10.4. The highest BCUT2D eigenvalue weighted by atomic mass is 28.3. The van der Waals surface area contributed by atoms with Gasteiger partial charge in [0.25, 0.3) is 0 Å². The van der Waals surface area contributed by atoms with Gasteiger partial charge in [0.05, 0.1) is 8.07 Å². The van der Waals surface area contributed by atoms with E-state index in [2.05, 4.69) is 26.9 Å². The van der Waals surface area contributed by atoms with Crippen LogP contribution in [-0.2, 0) is 4.74 Å². The van der Waals surface area contributed by atoms with Gasteiger partial charge in [-0.2, -0.15) is 0 Å². The molecule has 0 heterocycles. The van der Waals surface area contributed by atoms with Gasteiger partial charge in [0.1, 0.15) is 0 Å². The molecule has 0 saturated carbocycles. The third-order valence-electron chi connectivity index (χ3n) is 2.51. The van der Waals surface area contributed by atoms with Gasteiger partial charge in [-0.1, -0.05) is 32.5 Å². The molecule has 62 valence electrons. The summed E-state index contributed by atoms with van der Waals surface area (Å²) < 4.78 is 5.06. The Bertz CT molecular complexity index is 89.3. The number of ether oxygens (including phenoxy) is 1. The van der Waals surface area contributed by atoms with Gasteiger partial charge in [-0.05, 0) is 6.04 Å².